The van der Waals surface area contributed by atoms with Crippen LogP contribution in [0.4, 0.5) is 0 Å². The molecule has 1 saturated heterocycles. The van der Waals surface area contributed by atoms with Crippen LogP contribution >= 0.6 is 11.6 Å². The molecule has 2 N–H and O–H groups in total. The summed E-state index contributed by atoms with van der Waals surface area (Å²) < 4.78 is 11.0. The minimum atomic E-state index is -0.279. The summed E-state index contributed by atoms with van der Waals surface area (Å²) in [5.74, 6) is 0.305. The molecule has 3 aromatic rings. The normalized spacial score (nSPS) is 14.4. The fourth-order valence-corrected chi connectivity index (χ4v) is 3.98. The summed E-state index contributed by atoms with van der Waals surface area (Å²) in [6.45, 7) is 6.58. The van der Waals surface area contributed by atoms with Crippen LogP contribution in [0.25, 0.3) is 11.1 Å². The first-order valence-electron chi connectivity index (χ1n) is 10.7. The van der Waals surface area contributed by atoms with E-state index in [1.807, 2.05) is 19.1 Å². The van der Waals surface area contributed by atoms with E-state index in [0.717, 1.165) is 44.0 Å². The first-order chi connectivity index (χ1) is 15.5. The van der Waals surface area contributed by atoms with E-state index in [0.29, 0.717) is 24.3 Å². The maximum Gasteiger partial charge on any atom is 0.274 e. The quantitative estimate of drug-likeness (QED) is 0.562. The summed E-state index contributed by atoms with van der Waals surface area (Å²) in [7, 11) is 0. The average molecular weight is 456 g/mol. The van der Waals surface area contributed by atoms with E-state index >= 15 is 0 Å². The van der Waals surface area contributed by atoms with Crippen molar-refractivity contribution in [3.8, 4) is 16.9 Å². The van der Waals surface area contributed by atoms with Gasteiger partial charge in [0.2, 0.25) is 0 Å². The van der Waals surface area contributed by atoms with Crippen LogP contribution in [0.1, 0.15) is 34.3 Å². The van der Waals surface area contributed by atoms with Crippen molar-refractivity contribution in [1.82, 2.24) is 15.4 Å². The Morgan fingerprint density at radius 3 is 2.56 bits per heavy atom. The van der Waals surface area contributed by atoms with Gasteiger partial charge in [0, 0.05) is 32.6 Å². The number of ether oxygens (including phenoxy) is 1. The van der Waals surface area contributed by atoms with Gasteiger partial charge in [0.05, 0.1) is 23.8 Å². The number of rotatable bonds is 7. The number of hydrogen-bond donors (Lipinski definition) is 2. The molecule has 168 valence electrons. The second-order valence-electron chi connectivity index (χ2n) is 7.74. The number of benzene rings is 2. The number of morpholine rings is 1. The molecule has 0 bridgehead atoms. The second-order valence-corrected chi connectivity index (χ2v) is 8.14. The summed E-state index contributed by atoms with van der Waals surface area (Å²) in [4.78, 5) is 15.0. The van der Waals surface area contributed by atoms with Gasteiger partial charge in [0.15, 0.2) is 5.69 Å². The summed E-state index contributed by atoms with van der Waals surface area (Å²) in [6.07, 6.45) is 0.386. The Morgan fingerprint density at radius 1 is 1.16 bits per heavy atom. The Kier molecular flexibility index (Phi) is 7.09. The van der Waals surface area contributed by atoms with Crippen molar-refractivity contribution in [2.75, 3.05) is 32.8 Å². The highest BCUT2D eigenvalue weighted by molar-refractivity contribution is 6.32. The molecule has 1 aromatic heterocycles. The number of aromatic nitrogens is 1. The maximum absolute atomic E-state index is 12.6. The van der Waals surface area contributed by atoms with Gasteiger partial charge in [-0.25, -0.2) is 0 Å². The minimum Gasteiger partial charge on any atom is -0.506 e. The molecule has 0 unspecified atom stereocenters. The molecule has 32 heavy (non-hydrogen) atoms. The third kappa shape index (κ3) is 5.12. The van der Waals surface area contributed by atoms with Crippen molar-refractivity contribution >= 4 is 17.5 Å². The number of hydrogen-bond acceptors (Lipinski definition) is 6. The predicted molar refractivity (Wildman–Crippen MR) is 122 cm³/mol. The zero-order chi connectivity index (χ0) is 22.5. The van der Waals surface area contributed by atoms with E-state index in [-0.39, 0.29) is 22.4 Å². The van der Waals surface area contributed by atoms with Crippen LogP contribution in [0.2, 0.25) is 5.02 Å². The lowest BCUT2D eigenvalue weighted by molar-refractivity contribution is 0.0342. The Bertz CT molecular complexity index is 1080. The van der Waals surface area contributed by atoms with Crippen molar-refractivity contribution in [2.45, 2.75) is 19.9 Å². The number of carbonyl (C=O) groups is 1. The van der Waals surface area contributed by atoms with E-state index in [2.05, 4.69) is 27.5 Å². The molecule has 1 amide bonds. The molecule has 4 rings (SSSR count). The van der Waals surface area contributed by atoms with Gasteiger partial charge in [-0.05, 0) is 35.7 Å². The van der Waals surface area contributed by atoms with E-state index in [9.17, 15) is 9.90 Å². The lowest BCUT2D eigenvalue weighted by Crippen LogP contribution is -2.35. The van der Waals surface area contributed by atoms with Crippen molar-refractivity contribution in [2.24, 2.45) is 0 Å². The van der Waals surface area contributed by atoms with Gasteiger partial charge in [-0.15, -0.1) is 0 Å². The Balaban J connectivity index is 1.63. The van der Waals surface area contributed by atoms with Crippen LogP contribution in [-0.4, -0.2) is 53.9 Å². The van der Waals surface area contributed by atoms with Crippen molar-refractivity contribution < 1.29 is 19.2 Å². The Hall–Kier alpha value is -2.87. The molecule has 7 nitrogen and oxygen atoms in total. The smallest absolute Gasteiger partial charge is 0.274 e. The average Bonchev–Trinajstić information content (AvgIpc) is 3.21. The molecule has 0 radical (unpaired) electrons. The Labute approximate surface area is 191 Å². The van der Waals surface area contributed by atoms with Crippen LogP contribution in [0.3, 0.4) is 0 Å². The third-order valence-electron chi connectivity index (χ3n) is 5.44. The summed E-state index contributed by atoms with van der Waals surface area (Å²) in [5.41, 5.74) is 3.82. The van der Waals surface area contributed by atoms with Crippen molar-refractivity contribution in [3.63, 3.8) is 0 Å². The van der Waals surface area contributed by atoms with Crippen LogP contribution in [0.5, 0.6) is 5.75 Å². The molecule has 0 saturated carbocycles. The number of halogens is 1. The highest BCUT2D eigenvalue weighted by atomic mass is 35.5. The van der Waals surface area contributed by atoms with Crippen LogP contribution in [0.15, 0.2) is 47.0 Å². The van der Waals surface area contributed by atoms with Crippen LogP contribution < -0.4 is 5.32 Å². The number of phenolic OH excluding ortho intramolecular Hbond substituents is 1. The van der Waals surface area contributed by atoms with Gasteiger partial charge in [-0.1, -0.05) is 47.1 Å². The summed E-state index contributed by atoms with van der Waals surface area (Å²) in [6, 6.07) is 13.1. The van der Waals surface area contributed by atoms with Crippen LogP contribution in [0, 0.1) is 0 Å². The van der Waals surface area contributed by atoms with Gasteiger partial charge < -0.3 is 19.7 Å². The zero-order valence-corrected chi connectivity index (χ0v) is 18.7. The van der Waals surface area contributed by atoms with Gasteiger partial charge in [-0.3, -0.25) is 9.69 Å². The van der Waals surface area contributed by atoms with E-state index in [1.54, 1.807) is 18.2 Å². The molecule has 1 fully saturated rings. The van der Waals surface area contributed by atoms with Crippen molar-refractivity contribution in [3.05, 3.63) is 70.1 Å². The highest BCUT2D eigenvalue weighted by Crippen LogP contribution is 2.32. The van der Waals surface area contributed by atoms with Gasteiger partial charge in [0.25, 0.3) is 5.91 Å². The van der Waals surface area contributed by atoms with E-state index in [4.69, 9.17) is 20.9 Å². The fraction of sp³-hybridized carbons (Fsp3) is 0.333. The summed E-state index contributed by atoms with van der Waals surface area (Å²) >= 11 is 6.06. The SMILES string of the molecule is CCNC(=O)c1noc(Cc2ccc(O)c(Cl)c2)c1-c1ccc(CN2CCOCC2)cc1. The van der Waals surface area contributed by atoms with Gasteiger partial charge in [-0.2, -0.15) is 0 Å². The molecule has 0 spiro atoms. The molecular weight excluding hydrogens is 430 g/mol. The highest BCUT2D eigenvalue weighted by Gasteiger charge is 2.23. The molecule has 0 aliphatic carbocycles. The standard InChI is InChI=1S/C24H26ClN3O4/c1-2-26-24(30)23-22(21(32-27-23)14-17-5-8-20(29)19(25)13-17)18-6-3-16(4-7-18)15-28-9-11-31-12-10-28/h3-8,13,29H,2,9-12,14-15H2,1H3,(H,26,30). The molecule has 0 atom stereocenters. The van der Waals surface area contributed by atoms with Crippen molar-refractivity contribution in [1.29, 1.82) is 0 Å². The topological polar surface area (TPSA) is 87.8 Å². The monoisotopic (exact) mass is 455 g/mol. The zero-order valence-electron chi connectivity index (χ0n) is 17.9. The summed E-state index contributed by atoms with van der Waals surface area (Å²) in [5, 5.41) is 16.8. The largest absolute Gasteiger partial charge is 0.506 e. The second kappa shape index (κ2) is 10.2. The fourth-order valence-electron chi connectivity index (χ4n) is 3.78. The minimum absolute atomic E-state index is 0.0204. The van der Waals surface area contributed by atoms with Gasteiger partial charge in [0.1, 0.15) is 11.5 Å². The molecule has 8 heteroatoms. The molecular formula is C24H26ClN3O4. The maximum atomic E-state index is 12.6. The number of aromatic hydroxyl groups is 1. The predicted octanol–water partition coefficient (Wildman–Crippen LogP) is 3.87. The molecule has 1 aliphatic rings. The first-order valence-corrected chi connectivity index (χ1v) is 11.1. The lowest BCUT2D eigenvalue weighted by Gasteiger charge is -2.26. The number of nitrogens with zero attached hydrogens (tertiary/aromatic N) is 2. The Morgan fingerprint density at radius 2 is 1.88 bits per heavy atom. The molecule has 2 heterocycles. The van der Waals surface area contributed by atoms with E-state index in [1.165, 1.54) is 5.56 Å². The molecule has 2 aromatic carbocycles. The molecule has 1 aliphatic heterocycles. The number of phenols is 1. The number of nitrogens with one attached hydrogen (secondary N) is 1. The van der Waals surface area contributed by atoms with E-state index < -0.39 is 0 Å². The van der Waals surface area contributed by atoms with Crippen LogP contribution in [-0.2, 0) is 17.7 Å². The lowest BCUT2D eigenvalue weighted by atomic mass is 9.98. The van der Waals surface area contributed by atoms with Gasteiger partial charge >= 0.3 is 0 Å². The number of carbonyl (C=O) groups excluding carboxylic acids is 1. The third-order valence-corrected chi connectivity index (χ3v) is 5.75. The number of amides is 1. The first kappa shape index (κ1) is 22.3.